The van der Waals surface area contributed by atoms with E-state index in [1.165, 1.54) is 22.2 Å². The van der Waals surface area contributed by atoms with Gasteiger partial charge in [-0.25, -0.2) is 0 Å². The van der Waals surface area contributed by atoms with Gasteiger partial charge >= 0.3 is 106 Å². The van der Waals surface area contributed by atoms with Crippen molar-refractivity contribution in [2.24, 2.45) is 0 Å². The number of unbranched alkanes of at least 4 members (excludes halogenated alkanes) is 1. The van der Waals surface area contributed by atoms with Crippen molar-refractivity contribution in [3.63, 3.8) is 0 Å². The molecule has 0 aromatic heterocycles. The number of hydrogen-bond acceptors (Lipinski definition) is 2. The third kappa shape index (κ3) is 6.14. The number of thioether (sulfide) groups is 1. The normalized spacial score (nSPS) is 11.7. The minimum absolute atomic E-state index is 0.319. The van der Waals surface area contributed by atoms with Gasteiger partial charge in [0.15, 0.2) is 0 Å². The Labute approximate surface area is 106 Å². The zero-order valence-electron chi connectivity index (χ0n) is 8.85. The second kappa shape index (κ2) is 8.10. The molecular formula is C12H16OSTe. The van der Waals surface area contributed by atoms with Crippen LogP contribution in [0.15, 0.2) is 44.4 Å². The van der Waals surface area contributed by atoms with Gasteiger partial charge in [-0.3, -0.25) is 0 Å². The summed E-state index contributed by atoms with van der Waals surface area (Å²) >= 11 is 1.29. The van der Waals surface area contributed by atoms with Crippen LogP contribution in [0.25, 0.3) is 0 Å². The molecule has 0 bridgehead atoms. The zero-order chi connectivity index (χ0) is 10.9. The summed E-state index contributed by atoms with van der Waals surface area (Å²) in [6.07, 6.45) is 2.47. The quantitative estimate of drug-likeness (QED) is 0.366. The monoisotopic (exact) mass is 338 g/mol. The molecule has 0 saturated heterocycles. The number of aliphatic hydroxyl groups excluding tert-OH is 1. The van der Waals surface area contributed by atoms with Crippen molar-refractivity contribution >= 4 is 32.7 Å². The van der Waals surface area contributed by atoms with Crippen LogP contribution in [0.2, 0.25) is 4.47 Å². The molecule has 0 amide bonds. The van der Waals surface area contributed by atoms with Crippen LogP contribution in [0.5, 0.6) is 0 Å². The third-order valence-corrected chi connectivity index (χ3v) is 5.73. The average Bonchev–Trinajstić information content (AvgIpc) is 2.28. The van der Waals surface area contributed by atoms with E-state index in [4.69, 9.17) is 0 Å². The Morgan fingerprint density at radius 2 is 2.13 bits per heavy atom. The van der Waals surface area contributed by atoms with Crippen molar-refractivity contribution in [3.05, 3.63) is 39.5 Å². The minimum atomic E-state index is -0.319. The topological polar surface area (TPSA) is 20.2 Å². The van der Waals surface area contributed by atoms with Gasteiger partial charge in [-0.2, -0.15) is 0 Å². The summed E-state index contributed by atoms with van der Waals surface area (Å²) in [5.41, 5.74) is 0. The molecule has 82 valence electrons. The van der Waals surface area contributed by atoms with Gasteiger partial charge in [0, 0.05) is 0 Å². The Balaban J connectivity index is 2.31. The molecule has 15 heavy (non-hydrogen) atoms. The van der Waals surface area contributed by atoms with E-state index >= 15 is 0 Å². The number of rotatable bonds is 6. The van der Waals surface area contributed by atoms with E-state index in [1.807, 2.05) is 23.6 Å². The molecule has 0 heterocycles. The van der Waals surface area contributed by atoms with Gasteiger partial charge in [-0.1, -0.05) is 0 Å². The van der Waals surface area contributed by atoms with Gasteiger partial charge < -0.3 is 0 Å². The van der Waals surface area contributed by atoms with E-state index in [0.717, 1.165) is 0 Å². The van der Waals surface area contributed by atoms with E-state index in [0.29, 0.717) is 3.81 Å². The fourth-order valence-corrected chi connectivity index (χ4v) is 4.42. The molecule has 1 rings (SSSR count). The van der Waals surface area contributed by atoms with Crippen LogP contribution < -0.4 is 0 Å². The van der Waals surface area contributed by atoms with Crippen molar-refractivity contribution in [1.82, 2.24) is 0 Å². The molecule has 1 nitrogen and oxygen atoms in total. The first-order valence-electron chi connectivity index (χ1n) is 5.06. The first kappa shape index (κ1) is 13.0. The maximum absolute atomic E-state index is 9.64. The molecule has 0 radical (unpaired) electrons. The second-order valence-corrected chi connectivity index (χ2v) is 7.21. The van der Waals surface area contributed by atoms with Crippen molar-refractivity contribution < 1.29 is 5.11 Å². The molecule has 0 aliphatic rings. The Hall–Kier alpha value is -0.100. The van der Waals surface area contributed by atoms with Crippen LogP contribution in [0.1, 0.15) is 19.8 Å². The molecule has 0 unspecified atom stereocenters. The van der Waals surface area contributed by atoms with Gasteiger partial charge in [0.05, 0.1) is 0 Å². The summed E-state index contributed by atoms with van der Waals surface area (Å²) in [5, 5.41) is 11.5. The Morgan fingerprint density at radius 1 is 1.40 bits per heavy atom. The fraction of sp³-hybridized carbons (Fsp3) is 0.333. The summed E-state index contributed by atoms with van der Waals surface area (Å²) in [5.74, 6) is 0. The SMILES string of the molecule is CCCC[Te]/C(O)=C\Sc1ccccc1. The van der Waals surface area contributed by atoms with Gasteiger partial charge in [0.1, 0.15) is 0 Å². The zero-order valence-corrected chi connectivity index (χ0v) is 12.0. The van der Waals surface area contributed by atoms with E-state index in [2.05, 4.69) is 19.1 Å². The summed E-state index contributed by atoms with van der Waals surface area (Å²) < 4.78 is 1.84. The van der Waals surface area contributed by atoms with Crippen molar-refractivity contribution in [2.75, 3.05) is 0 Å². The molecule has 1 aromatic rings. The molecule has 0 spiro atoms. The average molecular weight is 336 g/mol. The summed E-state index contributed by atoms with van der Waals surface area (Å²) in [4.78, 5) is 1.19. The third-order valence-electron chi connectivity index (χ3n) is 1.79. The van der Waals surface area contributed by atoms with Crippen molar-refractivity contribution in [3.8, 4) is 0 Å². The summed E-state index contributed by atoms with van der Waals surface area (Å²) in [6.45, 7) is 2.19. The van der Waals surface area contributed by atoms with Crippen LogP contribution >= 0.6 is 11.8 Å². The first-order chi connectivity index (χ1) is 7.33. The molecule has 1 aromatic carbocycles. The number of hydrogen-bond donors (Lipinski definition) is 1. The van der Waals surface area contributed by atoms with Crippen molar-refractivity contribution in [2.45, 2.75) is 29.1 Å². The Bertz CT molecular complexity index is 298. The van der Waals surface area contributed by atoms with E-state index in [1.54, 1.807) is 11.8 Å². The maximum atomic E-state index is 9.64. The molecule has 0 saturated carbocycles. The molecule has 1 N–H and O–H groups in total. The predicted molar refractivity (Wildman–Crippen MR) is 68.5 cm³/mol. The molecule has 0 aliphatic heterocycles. The van der Waals surface area contributed by atoms with Gasteiger partial charge in [0.25, 0.3) is 0 Å². The van der Waals surface area contributed by atoms with Crippen LogP contribution in [0.3, 0.4) is 0 Å². The summed E-state index contributed by atoms with van der Waals surface area (Å²) in [7, 11) is 0. The van der Waals surface area contributed by atoms with Gasteiger partial charge in [-0.15, -0.1) is 0 Å². The van der Waals surface area contributed by atoms with Crippen LogP contribution in [-0.2, 0) is 0 Å². The molecule has 0 atom stereocenters. The standard InChI is InChI=1S/C12H16OSTe/c1-2-3-9-15-12(13)10-14-11-7-5-4-6-8-11/h4-8,10,13H,2-3,9H2,1H3/b12-10-. The Morgan fingerprint density at radius 3 is 2.80 bits per heavy atom. The van der Waals surface area contributed by atoms with Crippen LogP contribution in [0.4, 0.5) is 0 Å². The number of aliphatic hydroxyl groups is 1. The van der Waals surface area contributed by atoms with E-state index in [-0.39, 0.29) is 20.9 Å². The van der Waals surface area contributed by atoms with Crippen LogP contribution in [0, 0.1) is 0 Å². The fourth-order valence-electron chi connectivity index (χ4n) is 0.973. The van der Waals surface area contributed by atoms with Gasteiger partial charge in [0.2, 0.25) is 0 Å². The van der Waals surface area contributed by atoms with E-state index in [9.17, 15) is 5.11 Å². The molecular weight excluding hydrogens is 320 g/mol. The van der Waals surface area contributed by atoms with Gasteiger partial charge in [-0.05, 0) is 0 Å². The second-order valence-electron chi connectivity index (χ2n) is 3.09. The summed E-state index contributed by atoms with van der Waals surface area (Å²) in [6, 6.07) is 10.1. The molecule has 3 heteroatoms. The Kier molecular flexibility index (Phi) is 7.00. The van der Waals surface area contributed by atoms with Crippen LogP contribution in [-0.4, -0.2) is 26.0 Å². The first-order valence-corrected chi connectivity index (χ1v) is 8.76. The molecule has 0 aliphatic carbocycles. The number of benzene rings is 1. The molecule has 0 fully saturated rings. The van der Waals surface area contributed by atoms with Crippen molar-refractivity contribution in [1.29, 1.82) is 0 Å². The predicted octanol–water partition coefficient (Wildman–Crippen LogP) is 4.06. The van der Waals surface area contributed by atoms with E-state index < -0.39 is 0 Å².